The van der Waals surface area contributed by atoms with Gasteiger partial charge in [-0.1, -0.05) is 82.7 Å². The quantitative estimate of drug-likeness (QED) is 0.251. The van der Waals surface area contributed by atoms with Crippen molar-refractivity contribution in [1.82, 2.24) is 0 Å². The molecule has 0 aromatic heterocycles. The Bertz CT molecular complexity index is 1110. The molecule has 1 amide bonds. The van der Waals surface area contributed by atoms with Crippen LogP contribution in [0.2, 0.25) is 0 Å². The lowest BCUT2D eigenvalue weighted by atomic mass is 9.66. The van der Waals surface area contributed by atoms with E-state index >= 15 is 0 Å². The van der Waals surface area contributed by atoms with Crippen LogP contribution in [-0.4, -0.2) is 49.2 Å². The number of rotatable bonds is 13. The number of hydrogen-bond donors (Lipinski definition) is 1. The maximum absolute atomic E-state index is 13.3. The topological polar surface area (TPSA) is 58.7 Å². The van der Waals surface area contributed by atoms with Crippen molar-refractivity contribution in [3.05, 3.63) is 71.3 Å². The Balaban J connectivity index is 1.37. The van der Waals surface area contributed by atoms with Gasteiger partial charge in [-0.3, -0.25) is 0 Å². The van der Waals surface area contributed by atoms with Gasteiger partial charge in [0.2, 0.25) is 5.71 Å². The molecule has 1 aliphatic heterocycles. The first kappa shape index (κ1) is 32.1. The molecular formula is C38H54NO4+. The van der Waals surface area contributed by atoms with E-state index in [9.17, 15) is 4.79 Å². The predicted molar refractivity (Wildman–Crippen MR) is 173 cm³/mol. The fraction of sp³-hybridized carbons (Fsp3) is 0.632. The van der Waals surface area contributed by atoms with E-state index in [0.29, 0.717) is 17.4 Å². The van der Waals surface area contributed by atoms with Gasteiger partial charge < -0.3 is 14.2 Å². The van der Waals surface area contributed by atoms with Gasteiger partial charge in [0.15, 0.2) is 0 Å². The van der Waals surface area contributed by atoms with Crippen LogP contribution in [0.25, 0.3) is 0 Å². The second-order valence-corrected chi connectivity index (χ2v) is 13.0. The van der Waals surface area contributed by atoms with E-state index in [1.54, 1.807) is 0 Å². The molecule has 3 aliphatic carbocycles. The number of nitrogens with one attached hydrogen (secondary N) is 1. The van der Waals surface area contributed by atoms with Crippen molar-refractivity contribution in [3.8, 4) is 0 Å². The highest BCUT2D eigenvalue weighted by molar-refractivity contribution is 6.10. The fourth-order valence-corrected chi connectivity index (χ4v) is 7.58. The van der Waals surface area contributed by atoms with E-state index in [1.165, 1.54) is 49.7 Å². The lowest BCUT2D eigenvalue weighted by molar-refractivity contribution is -0.343. The van der Waals surface area contributed by atoms with Crippen LogP contribution in [0.1, 0.15) is 114 Å². The van der Waals surface area contributed by atoms with Crippen molar-refractivity contribution in [3.63, 3.8) is 0 Å². The summed E-state index contributed by atoms with van der Waals surface area (Å²) in [5, 5.41) is 0. The predicted octanol–water partition coefficient (Wildman–Crippen LogP) is 7.07. The minimum absolute atomic E-state index is 0.0610. The molecule has 5 nitrogen and oxygen atoms in total. The minimum atomic E-state index is -0.0610. The van der Waals surface area contributed by atoms with E-state index in [0.717, 1.165) is 70.3 Å². The number of unbranched alkanes of at least 4 members (excludes halogenated alkanes) is 6. The van der Waals surface area contributed by atoms with Crippen LogP contribution in [0, 0.1) is 11.8 Å². The van der Waals surface area contributed by atoms with Gasteiger partial charge in [0, 0.05) is 49.5 Å². The van der Waals surface area contributed by atoms with Crippen LogP contribution in [0.15, 0.2) is 65.8 Å². The summed E-state index contributed by atoms with van der Waals surface area (Å²) < 4.78 is 19.9. The normalized spacial score (nSPS) is 29.5. The van der Waals surface area contributed by atoms with E-state index in [1.807, 2.05) is 36.4 Å². The van der Waals surface area contributed by atoms with E-state index in [-0.39, 0.29) is 30.3 Å². The molecule has 5 heteroatoms. The number of fused-ring (bicyclic) bond motifs is 2. The third-order valence-corrected chi connectivity index (χ3v) is 9.86. The SMILES string of the molecule is CCCCCCOC1CCC2C(=C3C=CC=CC3=[NH+]C(=O)c3ccccc3)C3CCC(OCCCCCC)CC3OC2C1. The summed E-state index contributed by atoms with van der Waals surface area (Å²) in [7, 11) is 0. The zero-order valence-corrected chi connectivity index (χ0v) is 26.6. The largest absolute Gasteiger partial charge is 0.418 e. The molecular weight excluding hydrogens is 534 g/mol. The Hall–Kier alpha value is -2.34. The first-order valence-electron chi connectivity index (χ1n) is 17.4. The van der Waals surface area contributed by atoms with Crippen LogP contribution >= 0.6 is 0 Å². The summed E-state index contributed by atoms with van der Waals surface area (Å²) in [4.78, 5) is 16.5. The zero-order chi connectivity index (χ0) is 29.9. The minimum Gasteiger partial charge on any atom is -0.378 e. The van der Waals surface area contributed by atoms with Gasteiger partial charge in [-0.15, -0.1) is 0 Å². The summed E-state index contributed by atoms with van der Waals surface area (Å²) in [6, 6.07) is 9.52. The van der Waals surface area contributed by atoms with Crippen LogP contribution in [0.3, 0.4) is 0 Å². The van der Waals surface area contributed by atoms with Crippen LogP contribution in [0.5, 0.6) is 0 Å². The van der Waals surface area contributed by atoms with E-state index in [2.05, 4.69) is 37.1 Å². The molecule has 2 saturated carbocycles. The summed E-state index contributed by atoms with van der Waals surface area (Å²) in [5.74, 6) is 0.638. The van der Waals surface area contributed by atoms with Crippen LogP contribution < -0.4 is 4.99 Å². The number of amides is 1. The van der Waals surface area contributed by atoms with Crippen LogP contribution in [-0.2, 0) is 14.2 Å². The Kier molecular flexibility index (Phi) is 12.4. The van der Waals surface area contributed by atoms with Crippen molar-refractivity contribution in [2.75, 3.05) is 13.2 Å². The molecule has 1 aromatic carbocycles. The molecule has 0 radical (unpaired) electrons. The van der Waals surface area contributed by atoms with Crippen molar-refractivity contribution in [1.29, 1.82) is 0 Å². The number of allylic oxidation sites excluding steroid dienone is 5. The monoisotopic (exact) mass is 588 g/mol. The van der Waals surface area contributed by atoms with Crippen molar-refractivity contribution >= 4 is 11.6 Å². The summed E-state index contributed by atoms with van der Waals surface area (Å²) >= 11 is 0. The van der Waals surface area contributed by atoms with E-state index in [4.69, 9.17) is 14.2 Å². The molecule has 6 unspecified atom stereocenters. The standard InChI is InChI=1S/C38H53NO4/c1-3-5-7-14-24-41-29-20-22-32-35(26-29)43-36-27-30(42-25-15-8-6-4-2)21-23-33(36)37(32)31-18-12-13-19-34(31)39-38(40)28-16-10-9-11-17-28/h9-13,16-19,29-30,32-33,35-36H,3-8,14-15,20-27H2,1-2H3/p+1. The number of carbonyl (C=O) groups excluding carboxylic acids is 1. The highest BCUT2D eigenvalue weighted by Gasteiger charge is 2.48. The first-order valence-corrected chi connectivity index (χ1v) is 17.4. The number of ether oxygens (including phenoxy) is 3. The molecule has 0 spiro atoms. The smallest absolute Gasteiger partial charge is 0.378 e. The van der Waals surface area contributed by atoms with Gasteiger partial charge in [0.1, 0.15) is 0 Å². The maximum atomic E-state index is 13.3. The molecule has 1 N–H and O–H groups in total. The van der Waals surface area contributed by atoms with Gasteiger partial charge in [-0.25, -0.2) is 4.79 Å². The van der Waals surface area contributed by atoms with Crippen LogP contribution in [0.4, 0.5) is 0 Å². The Morgan fingerprint density at radius 1 is 0.767 bits per heavy atom. The van der Waals surface area contributed by atoms with Gasteiger partial charge in [-0.05, 0) is 62.3 Å². The average Bonchev–Trinajstić information content (AvgIpc) is 3.04. The highest BCUT2D eigenvalue weighted by Crippen LogP contribution is 2.49. The molecule has 6 atom stereocenters. The second kappa shape index (κ2) is 16.7. The van der Waals surface area contributed by atoms with Gasteiger partial charge >= 0.3 is 5.91 Å². The molecule has 1 aromatic rings. The molecule has 3 fully saturated rings. The lowest BCUT2D eigenvalue weighted by Gasteiger charge is -2.50. The number of carbonyl (C=O) groups is 1. The van der Waals surface area contributed by atoms with Crippen molar-refractivity contribution in [2.24, 2.45) is 11.8 Å². The molecule has 234 valence electrons. The summed E-state index contributed by atoms with van der Waals surface area (Å²) in [6.07, 6.45) is 25.3. The van der Waals surface area contributed by atoms with Gasteiger partial charge in [-0.2, -0.15) is 4.99 Å². The average molecular weight is 589 g/mol. The second-order valence-electron chi connectivity index (χ2n) is 13.0. The lowest BCUT2D eigenvalue weighted by Crippen LogP contribution is -2.77. The molecule has 1 saturated heterocycles. The Morgan fingerprint density at radius 3 is 1.93 bits per heavy atom. The third kappa shape index (κ3) is 8.65. The maximum Gasteiger partial charge on any atom is 0.418 e. The first-order chi connectivity index (χ1) is 21.2. The highest BCUT2D eigenvalue weighted by atomic mass is 16.5. The molecule has 43 heavy (non-hydrogen) atoms. The number of hydrogen-bond acceptors (Lipinski definition) is 4. The van der Waals surface area contributed by atoms with Crippen molar-refractivity contribution in [2.45, 2.75) is 128 Å². The summed E-state index contributed by atoms with van der Waals surface area (Å²) in [6.45, 7) is 6.21. The van der Waals surface area contributed by atoms with Gasteiger partial charge in [0.25, 0.3) is 0 Å². The Labute approximate surface area is 259 Å². The van der Waals surface area contributed by atoms with Gasteiger partial charge in [0.05, 0.1) is 30.0 Å². The fourth-order valence-electron chi connectivity index (χ4n) is 7.58. The van der Waals surface area contributed by atoms with E-state index < -0.39 is 0 Å². The Morgan fingerprint density at radius 2 is 1.35 bits per heavy atom. The molecule has 5 rings (SSSR count). The molecule has 4 aliphatic rings. The van der Waals surface area contributed by atoms with Crippen molar-refractivity contribution < 1.29 is 24.0 Å². The summed E-state index contributed by atoms with van der Waals surface area (Å²) in [5.41, 5.74) is 4.28. The zero-order valence-electron chi connectivity index (χ0n) is 26.6. The third-order valence-electron chi connectivity index (χ3n) is 9.86. The number of benzene rings is 1. The molecule has 0 bridgehead atoms. The molecule has 1 heterocycles.